The van der Waals surface area contributed by atoms with Gasteiger partial charge in [0.2, 0.25) is 0 Å². The number of hydrogen-bond donors (Lipinski definition) is 0. The van der Waals surface area contributed by atoms with Crippen molar-refractivity contribution in [2.75, 3.05) is 0 Å². The number of hydrogen-bond acceptors (Lipinski definition) is 1. The van der Waals surface area contributed by atoms with Crippen molar-refractivity contribution in [2.24, 2.45) is 5.41 Å². The van der Waals surface area contributed by atoms with Crippen LogP contribution in [-0.4, -0.2) is 6.29 Å². The maximum atomic E-state index is 10.5. The predicted octanol–water partition coefficient (Wildman–Crippen LogP) is 7.22. The Bertz CT molecular complexity index is 700. The molecule has 0 spiro atoms. The highest BCUT2D eigenvalue weighted by molar-refractivity contribution is 5.72. The molecular weight excluding hydrogens is 316 g/mol. The molecule has 1 aliphatic rings. The van der Waals surface area contributed by atoms with Crippen molar-refractivity contribution in [3.8, 4) is 0 Å². The van der Waals surface area contributed by atoms with Gasteiger partial charge in [0.25, 0.3) is 0 Å². The van der Waals surface area contributed by atoms with Crippen LogP contribution in [0.5, 0.6) is 0 Å². The summed E-state index contributed by atoms with van der Waals surface area (Å²) in [4.78, 5) is 10.5. The molecule has 0 saturated heterocycles. The van der Waals surface area contributed by atoms with E-state index >= 15 is 0 Å². The van der Waals surface area contributed by atoms with Crippen molar-refractivity contribution < 1.29 is 4.79 Å². The number of carbonyl (C=O) groups excluding carboxylic acids is 1. The van der Waals surface area contributed by atoms with Gasteiger partial charge in [0.15, 0.2) is 0 Å². The zero-order valence-electron chi connectivity index (χ0n) is 17.3. The SMILES string of the molecule is CC1=C(/C=C/C(C)=C/C=C\C=C(C)\C=C\C=C(/C)C=O)C(C)(C)CCC1. The molecule has 0 unspecified atom stereocenters. The molecule has 1 heteroatoms. The van der Waals surface area contributed by atoms with Crippen LogP contribution < -0.4 is 0 Å². The second-order valence-corrected chi connectivity index (χ2v) is 7.86. The van der Waals surface area contributed by atoms with Crippen LogP contribution in [0.1, 0.15) is 60.8 Å². The van der Waals surface area contributed by atoms with E-state index in [1.807, 2.05) is 31.2 Å². The van der Waals surface area contributed by atoms with Gasteiger partial charge in [-0.15, -0.1) is 0 Å². The fraction of sp³-hybridized carbons (Fsp3) is 0.400. The van der Waals surface area contributed by atoms with Gasteiger partial charge in [0.1, 0.15) is 6.29 Å². The zero-order chi connectivity index (χ0) is 19.6. The Morgan fingerprint density at radius 3 is 2.04 bits per heavy atom. The van der Waals surface area contributed by atoms with Gasteiger partial charge < -0.3 is 0 Å². The Morgan fingerprint density at radius 1 is 0.885 bits per heavy atom. The molecule has 0 amide bonds. The van der Waals surface area contributed by atoms with E-state index in [0.29, 0.717) is 0 Å². The maximum absolute atomic E-state index is 10.5. The minimum absolute atomic E-state index is 0.289. The van der Waals surface area contributed by atoms with Crippen LogP contribution in [0.3, 0.4) is 0 Å². The Morgan fingerprint density at radius 2 is 1.46 bits per heavy atom. The standard InChI is InChI=1S/C25H34O/c1-20(13-9-14-22(3)19-26)11-7-8-12-21(2)16-17-24-23(4)15-10-18-25(24,5)6/h7-9,11-14,16-17,19H,10,15,18H2,1-6H3/b8-7-,13-9+,17-16+,20-11+,21-12+,22-14+. The Kier molecular flexibility index (Phi) is 9.05. The first-order valence-corrected chi connectivity index (χ1v) is 9.46. The van der Waals surface area contributed by atoms with Crippen molar-refractivity contribution in [3.05, 3.63) is 82.5 Å². The summed E-state index contributed by atoms with van der Waals surface area (Å²) >= 11 is 0. The molecule has 0 aromatic heterocycles. The fourth-order valence-electron chi connectivity index (χ4n) is 3.14. The van der Waals surface area contributed by atoms with Gasteiger partial charge in [0.05, 0.1) is 0 Å². The number of allylic oxidation sites excluding steroid dienone is 14. The summed E-state index contributed by atoms with van der Waals surface area (Å²) in [5.74, 6) is 0. The van der Waals surface area contributed by atoms with E-state index in [0.717, 1.165) is 17.4 Å². The molecule has 1 rings (SSSR count). The van der Waals surface area contributed by atoms with Crippen LogP contribution in [0, 0.1) is 5.41 Å². The summed E-state index contributed by atoms with van der Waals surface area (Å²) in [5, 5.41) is 0. The zero-order valence-corrected chi connectivity index (χ0v) is 17.3. The summed E-state index contributed by atoms with van der Waals surface area (Å²) in [7, 11) is 0. The maximum Gasteiger partial charge on any atom is 0.145 e. The van der Waals surface area contributed by atoms with Crippen LogP contribution >= 0.6 is 0 Å². The number of carbonyl (C=O) groups is 1. The molecule has 140 valence electrons. The summed E-state index contributed by atoms with van der Waals surface area (Å²) < 4.78 is 0. The molecular formula is C25H34O. The molecule has 0 radical (unpaired) electrons. The van der Waals surface area contributed by atoms with Crippen molar-refractivity contribution in [1.29, 1.82) is 0 Å². The Hall–Kier alpha value is -2.15. The normalized spacial score (nSPS) is 20.0. The molecule has 0 aliphatic heterocycles. The average molecular weight is 351 g/mol. The summed E-state index contributed by atoms with van der Waals surface area (Å²) in [6.45, 7) is 12.9. The van der Waals surface area contributed by atoms with E-state index in [2.05, 4.69) is 58.1 Å². The molecule has 1 aliphatic carbocycles. The lowest BCUT2D eigenvalue weighted by Gasteiger charge is -2.32. The monoisotopic (exact) mass is 350 g/mol. The van der Waals surface area contributed by atoms with E-state index in [-0.39, 0.29) is 5.41 Å². The minimum atomic E-state index is 0.289. The average Bonchev–Trinajstić information content (AvgIpc) is 2.57. The second-order valence-electron chi connectivity index (χ2n) is 7.86. The van der Waals surface area contributed by atoms with E-state index in [9.17, 15) is 4.79 Å². The third-order valence-electron chi connectivity index (χ3n) is 4.79. The lowest BCUT2D eigenvalue weighted by Crippen LogP contribution is -2.19. The van der Waals surface area contributed by atoms with Gasteiger partial charge in [-0.25, -0.2) is 0 Å². The molecule has 26 heavy (non-hydrogen) atoms. The first-order valence-electron chi connectivity index (χ1n) is 9.46. The van der Waals surface area contributed by atoms with Gasteiger partial charge >= 0.3 is 0 Å². The van der Waals surface area contributed by atoms with Crippen molar-refractivity contribution in [3.63, 3.8) is 0 Å². The summed E-state index contributed by atoms with van der Waals surface area (Å²) in [6, 6.07) is 0. The minimum Gasteiger partial charge on any atom is -0.298 e. The molecule has 0 aromatic carbocycles. The molecule has 0 heterocycles. The van der Waals surface area contributed by atoms with E-state index < -0.39 is 0 Å². The van der Waals surface area contributed by atoms with Crippen LogP contribution in [0.25, 0.3) is 0 Å². The molecule has 0 atom stereocenters. The highest BCUT2D eigenvalue weighted by Crippen LogP contribution is 2.40. The molecule has 0 fully saturated rings. The molecule has 0 N–H and O–H groups in total. The molecule has 1 nitrogen and oxygen atoms in total. The van der Waals surface area contributed by atoms with Crippen molar-refractivity contribution >= 4 is 6.29 Å². The first-order chi connectivity index (χ1) is 12.3. The van der Waals surface area contributed by atoms with Crippen molar-refractivity contribution in [2.45, 2.75) is 60.8 Å². The third kappa shape index (κ3) is 7.82. The lowest BCUT2D eigenvalue weighted by atomic mass is 9.72. The van der Waals surface area contributed by atoms with Crippen LogP contribution in [0.2, 0.25) is 0 Å². The second kappa shape index (κ2) is 10.8. The van der Waals surface area contributed by atoms with E-state index in [1.54, 1.807) is 6.92 Å². The summed E-state index contributed by atoms with van der Waals surface area (Å²) in [6.07, 6.45) is 23.2. The van der Waals surface area contributed by atoms with E-state index in [1.165, 1.54) is 36.0 Å². The quantitative estimate of drug-likeness (QED) is 0.269. The number of aldehydes is 1. The van der Waals surface area contributed by atoms with Crippen LogP contribution in [0.4, 0.5) is 0 Å². The molecule has 0 aromatic rings. The van der Waals surface area contributed by atoms with Gasteiger partial charge in [-0.05, 0) is 63.5 Å². The van der Waals surface area contributed by atoms with Crippen molar-refractivity contribution in [1.82, 2.24) is 0 Å². The highest BCUT2D eigenvalue weighted by atomic mass is 16.1. The molecule has 0 bridgehead atoms. The van der Waals surface area contributed by atoms with Gasteiger partial charge in [-0.2, -0.15) is 0 Å². The van der Waals surface area contributed by atoms with E-state index in [4.69, 9.17) is 0 Å². The Balaban J connectivity index is 2.69. The van der Waals surface area contributed by atoms with Gasteiger partial charge in [0, 0.05) is 0 Å². The largest absolute Gasteiger partial charge is 0.298 e. The fourth-order valence-corrected chi connectivity index (χ4v) is 3.14. The third-order valence-corrected chi connectivity index (χ3v) is 4.79. The lowest BCUT2D eigenvalue weighted by molar-refractivity contribution is -0.104. The number of rotatable bonds is 7. The smallest absolute Gasteiger partial charge is 0.145 e. The predicted molar refractivity (Wildman–Crippen MR) is 115 cm³/mol. The summed E-state index contributed by atoms with van der Waals surface area (Å²) in [5.41, 5.74) is 6.43. The van der Waals surface area contributed by atoms with Gasteiger partial charge in [-0.3, -0.25) is 4.79 Å². The topological polar surface area (TPSA) is 17.1 Å². The van der Waals surface area contributed by atoms with Gasteiger partial charge in [-0.1, -0.05) is 85.3 Å². The van der Waals surface area contributed by atoms with Crippen LogP contribution in [0.15, 0.2) is 82.5 Å². The molecule has 0 saturated carbocycles. The first kappa shape index (κ1) is 21.9. The highest BCUT2D eigenvalue weighted by Gasteiger charge is 2.26. The van der Waals surface area contributed by atoms with Crippen LogP contribution in [-0.2, 0) is 4.79 Å². The Labute approximate surface area is 160 Å².